The molecule has 0 unspecified atom stereocenters. The molecule has 0 aliphatic rings. The topological polar surface area (TPSA) is 76.4 Å². The third kappa shape index (κ3) is 2.41. The number of aromatic nitrogens is 1. The summed E-state index contributed by atoms with van der Waals surface area (Å²) < 4.78 is 26.9. The third-order valence-corrected chi connectivity index (χ3v) is 5.48. The van der Waals surface area contributed by atoms with Crippen molar-refractivity contribution in [1.82, 2.24) is 3.97 Å². The lowest BCUT2D eigenvalue weighted by Crippen LogP contribution is -2.12. The summed E-state index contributed by atoms with van der Waals surface area (Å²) in [5.41, 5.74) is 2.03. The van der Waals surface area contributed by atoms with Crippen molar-refractivity contribution in [2.24, 2.45) is 0 Å². The fourth-order valence-electron chi connectivity index (χ4n) is 2.65. The Balaban J connectivity index is 2.31. The van der Waals surface area contributed by atoms with E-state index in [9.17, 15) is 18.3 Å². The zero-order valence-corrected chi connectivity index (χ0v) is 13.5. The number of carbonyl (C=O) groups is 1. The number of aromatic carboxylic acids is 1. The van der Waals surface area contributed by atoms with Crippen LogP contribution in [0.3, 0.4) is 0 Å². The van der Waals surface area contributed by atoms with Gasteiger partial charge in [0.25, 0.3) is 10.0 Å². The van der Waals surface area contributed by atoms with E-state index < -0.39 is 16.0 Å². The highest BCUT2D eigenvalue weighted by Crippen LogP contribution is 2.28. The molecule has 0 bridgehead atoms. The predicted octanol–water partition coefficient (Wildman–Crippen LogP) is 3.19. The van der Waals surface area contributed by atoms with Gasteiger partial charge in [-0.1, -0.05) is 23.8 Å². The molecule has 0 radical (unpaired) electrons. The Labute approximate surface area is 133 Å². The molecule has 0 spiro atoms. The van der Waals surface area contributed by atoms with E-state index in [1.54, 1.807) is 43.3 Å². The summed E-state index contributed by atoms with van der Waals surface area (Å²) >= 11 is 0. The fraction of sp³-hybridized carbons (Fsp3) is 0.118. The number of carboxylic acid groups (broad SMARTS) is 1. The van der Waals surface area contributed by atoms with E-state index in [0.717, 1.165) is 9.54 Å². The zero-order valence-electron chi connectivity index (χ0n) is 12.6. The van der Waals surface area contributed by atoms with Gasteiger partial charge in [-0.05, 0) is 43.7 Å². The maximum atomic E-state index is 12.9. The Hall–Kier alpha value is -2.60. The molecule has 1 aromatic heterocycles. The Kier molecular flexibility index (Phi) is 3.49. The zero-order chi connectivity index (χ0) is 16.8. The first-order chi connectivity index (χ1) is 10.8. The van der Waals surface area contributed by atoms with Crippen molar-refractivity contribution in [2.75, 3.05) is 0 Å². The number of benzene rings is 2. The van der Waals surface area contributed by atoms with Crippen LogP contribution in [0.4, 0.5) is 0 Å². The highest BCUT2D eigenvalue weighted by atomic mass is 32.2. The molecule has 0 amide bonds. The molecule has 2 aromatic carbocycles. The number of hydrogen-bond acceptors (Lipinski definition) is 3. The molecule has 3 aromatic rings. The largest absolute Gasteiger partial charge is 0.478 e. The summed E-state index contributed by atoms with van der Waals surface area (Å²) in [6.07, 6.45) is 1.46. The van der Waals surface area contributed by atoms with Crippen LogP contribution in [0.2, 0.25) is 0 Å². The van der Waals surface area contributed by atoms with Gasteiger partial charge in [0.15, 0.2) is 0 Å². The van der Waals surface area contributed by atoms with E-state index in [2.05, 4.69) is 0 Å². The van der Waals surface area contributed by atoms with Crippen molar-refractivity contribution in [3.63, 3.8) is 0 Å². The van der Waals surface area contributed by atoms with E-state index in [0.29, 0.717) is 16.5 Å². The second kappa shape index (κ2) is 5.24. The van der Waals surface area contributed by atoms with Crippen LogP contribution in [0.25, 0.3) is 10.9 Å². The number of fused-ring (bicyclic) bond motifs is 1. The van der Waals surface area contributed by atoms with Crippen molar-refractivity contribution < 1.29 is 18.3 Å². The number of carboxylic acids is 1. The van der Waals surface area contributed by atoms with Gasteiger partial charge in [0.05, 0.1) is 16.0 Å². The molecular weight excluding hydrogens is 314 g/mol. The van der Waals surface area contributed by atoms with E-state index in [4.69, 9.17) is 0 Å². The molecule has 23 heavy (non-hydrogen) atoms. The number of nitrogens with zero attached hydrogens (tertiary/aromatic N) is 1. The molecule has 0 aliphatic heterocycles. The Morgan fingerprint density at radius 1 is 1.04 bits per heavy atom. The van der Waals surface area contributed by atoms with Crippen LogP contribution in [0.5, 0.6) is 0 Å². The summed E-state index contributed by atoms with van der Waals surface area (Å²) in [5.74, 6) is -1.08. The molecule has 0 atom stereocenters. The first-order valence-electron chi connectivity index (χ1n) is 6.98. The van der Waals surface area contributed by atoms with Gasteiger partial charge in [-0.25, -0.2) is 17.2 Å². The van der Waals surface area contributed by atoms with Gasteiger partial charge in [-0.15, -0.1) is 0 Å². The van der Waals surface area contributed by atoms with Crippen molar-refractivity contribution >= 4 is 26.9 Å². The average Bonchev–Trinajstić information content (AvgIpc) is 2.86. The number of aryl methyl sites for hydroxylation is 2. The molecule has 1 heterocycles. The van der Waals surface area contributed by atoms with Gasteiger partial charge in [0, 0.05) is 11.6 Å². The second-order valence-electron chi connectivity index (χ2n) is 5.43. The van der Waals surface area contributed by atoms with Gasteiger partial charge in [0.1, 0.15) is 0 Å². The first kappa shape index (κ1) is 15.3. The Bertz CT molecular complexity index is 1010. The molecule has 0 aliphatic carbocycles. The van der Waals surface area contributed by atoms with Crippen LogP contribution >= 0.6 is 0 Å². The minimum Gasteiger partial charge on any atom is -0.478 e. The normalized spacial score (nSPS) is 11.7. The first-order valence-corrected chi connectivity index (χ1v) is 8.42. The highest BCUT2D eigenvalue weighted by molar-refractivity contribution is 7.90. The smallest absolute Gasteiger partial charge is 0.336 e. The SMILES string of the molecule is Cc1ccc(S(=O)(=O)n2cc(C)c3c(C(=O)O)cccc32)cc1. The van der Waals surface area contributed by atoms with Crippen molar-refractivity contribution in [3.05, 3.63) is 65.4 Å². The van der Waals surface area contributed by atoms with Crippen molar-refractivity contribution in [1.29, 1.82) is 0 Å². The van der Waals surface area contributed by atoms with Gasteiger partial charge < -0.3 is 5.11 Å². The lowest BCUT2D eigenvalue weighted by Gasteiger charge is -2.08. The number of rotatable bonds is 3. The summed E-state index contributed by atoms with van der Waals surface area (Å²) in [6.45, 7) is 3.58. The van der Waals surface area contributed by atoms with Crippen molar-refractivity contribution in [3.8, 4) is 0 Å². The summed E-state index contributed by atoms with van der Waals surface area (Å²) in [6, 6.07) is 11.2. The van der Waals surface area contributed by atoms with E-state index in [1.165, 1.54) is 12.3 Å². The Morgan fingerprint density at radius 3 is 2.30 bits per heavy atom. The highest BCUT2D eigenvalue weighted by Gasteiger charge is 2.22. The molecule has 0 saturated carbocycles. The molecule has 1 N–H and O–H groups in total. The van der Waals surface area contributed by atoms with Crippen LogP contribution in [-0.4, -0.2) is 23.5 Å². The molecular formula is C17H15NO4S. The summed E-state index contributed by atoms with van der Waals surface area (Å²) in [7, 11) is -3.78. The van der Waals surface area contributed by atoms with E-state index >= 15 is 0 Å². The fourth-order valence-corrected chi connectivity index (χ4v) is 4.06. The standard InChI is InChI=1S/C17H15NO4S/c1-11-6-8-13(9-7-11)23(21,22)18-10-12(2)16-14(17(19)20)4-3-5-15(16)18/h3-10H,1-2H3,(H,19,20). The predicted molar refractivity (Wildman–Crippen MR) is 87.4 cm³/mol. The maximum absolute atomic E-state index is 12.9. The molecule has 3 rings (SSSR count). The maximum Gasteiger partial charge on any atom is 0.336 e. The molecule has 0 saturated heterocycles. The lowest BCUT2D eigenvalue weighted by atomic mass is 10.1. The van der Waals surface area contributed by atoms with Crippen LogP contribution in [0.15, 0.2) is 53.6 Å². The van der Waals surface area contributed by atoms with Crippen LogP contribution in [-0.2, 0) is 10.0 Å². The molecule has 118 valence electrons. The van der Waals surface area contributed by atoms with Gasteiger partial charge in [0.2, 0.25) is 0 Å². The van der Waals surface area contributed by atoms with E-state index in [1.807, 2.05) is 6.92 Å². The molecule has 5 nitrogen and oxygen atoms in total. The quantitative estimate of drug-likeness (QED) is 0.800. The minimum absolute atomic E-state index is 0.0952. The second-order valence-corrected chi connectivity index (χ2v) is 7.25. The third-order valence-electron chi connectivity index (χ3n) is 3.79. The van der Waals surface area contributed by atoms with Crippen molar-refractivity contribution in [2.45, 2.75) is 18.7 Å². The summed E-state index contributed by atoms with van der Waals surface area (Å²) in [4.78, 5) is 11.5. The molecule has 0 fully saturated rings. The monoisotopic (exact) mass is 329 g/mol. The Morgan fingerprint density at radius 2 is 1.70 bits per heavy atom. The van der Waals surface area contributed by atoms with E-state index in [-0.39, 0.29) is 10.5 Å². The minimum atomic E-state index is -3.78. The molecule has 6 heteroatoms. The van der Waals surface area contributed by atoms with Crippen LogP contribution in [0.1, 0.15) is 21.5 Å². The van der Waals surface area contributed by atoms with Crippen LogP contribution < -0.4 is 0 Å². The van der Waals surface area contributed by atoms with Crippen LogP contribution in [0, 0.1) is 13.8 Å². The average molecular weight is 329 g/mol. The lowest BCUT2D eigenvalue weighted by molar-refractivity contribution is 0.0699. The summed E-state index contributed by atoms with van der Waals surface area (Å²) in [5, 5.41) is 9.75. The van der Waals surface area contributed by atoms with Gasteiger partial charge >= 0.3 is 5.97 Å². The van der Waals surface area contributed by atoms with Gasteiger partial charge in [-0.2, -0.15) is 0 Å². The van der Waals surface area contributed by atoms with Gasteiger partial charge in [-0.3, -0.25) is 0 Å². The number of hydrogen-bond donors (Lipinski definition) is 1.